The first-order valence-electron chi connectivity index (χ1n) is 19.6. The Balaban J connectivity index is 1.36. The van der Waals surface area contributed by atoms with Crippen LogP contribution in [-0.4, -0.2) is 107 Å². The summed E-state index contributed by atoms with van der Waals surface area (Å²) >= 11 is 0. The van der Waals surface area contributed by atoms with Crippen molar-refractivity contribution in [3.8, 4) is 11.5 Å². The number of cyclic esters (lactones) is 1. The third-order valence-electron chi connectivity index (χ3n) is 12.9. The number of benzene rings is 1. The van der Waals surface area contributed by atoms with Crippen molar-refractivity contribution in [3.63, 3.8) is 0 Å². The van der Waals surface area contributed by atoms with Crippen molar-refractivity contribution in [3.05, 3.63) is 29.8 Å². The zero-order valence-electron chi connectivity index (χ0n) is 32.7. The van der Waals surface area contributed by atoms with Gasteiger partial charge in [-0.3, -0.25) is 9.59 Å². The fourth-order valence-electron chi connectivity index (χ4n) is 10.2. The monoisotopic (exact) mass is 743 g/mol. The molecule has 0 radical (unpaired) electrons. The number of aliphatic hydroxyl groups is 1. The number of hydrogen-bond acceptors (Lipinski definition) is 12. The number of allylic oxidation sites excluding steroid dienone is 2. The van der Waals surface area contributed by atoms with E-state index < -0.39 is 36.6 Å². The molecule has 0 aromatic heterocycles. The Bertz CT molecular complexity index is 1450. The molecule has 12 heteroatoms. The topological polar surface area (TPSA) is 140 Å². The minimum Gasteiger partial charge on any atom is -0.497 e. The van der Waals surface area contributed by atoms with Gasteiger partial charge in [0.15, 0.2) is 12.1 Å². The van der Waals surface area contributed by atoms with Gasteiger partial charge in [-0.05, 0) is 86.8 Å². The third-order valence-corrected chi connectivity index (χ3v) is 12.9. The Hall–Kier alpha value is -2.74. The molecule has 0 bridgehead atoms. The van der Waals surface area contributed by atoms with E-state index >= 15 is 0 Å². The Morgan fingerprint density at radius 3 is 2.30 bits per heavy atom. The molecule has 1 aromatic rings. The van der Waals surface area contributed by atoms with E-state index in [9.17, 15) is 14.7 Å². The molecule has 6 rings (SSSR count). The molecule has 0 amide bonds. The van der Waals surface area contributed by atoms with Crippen LogP contribution in [0, 0.1) is 35.5 Å². The predicted molar refractivity (Wildman–Crippen MR) is 197 cm³/mol. The molecule has 12 nitrogen and oxygen atoms in total. The average Bonchev–Trinajstić information content (AvgIpc) is 3.75. The molecule has 1 aromatic carbocycles. The normalized spacial score (nSPS) is 40.5. The summed E-state index contributed by atoms with van der Waals surface area (Å²) < 4.78 is 47.8. The van der Waals surface area contributed by atoms with Crippen LogP contribution in [0.2, 0.25) is 0 Å². The van der Waals surface area contributed by atoms with Crippen LogP contribution in [0.1, 0.15) is 72.1 Å². The smallest absolute Gasteiger partial charge is 0.306 e. The third kappa shape index (κ3) is 8.00. The second-order valence-electron chi connectivity index (χ2n) is 15.8. The highest BCUT2D eigenvalue weighted by Gasteiger charge is 2.59. The standard InChI is InChI=1S/C41H61NO11/c1-9-23-13-11-10-12-21(2)36(44)30-19-27-26-16-25(53-41-40(50-8)39(49-7)38(48-6)22(3)51-41)17-29(26)37(45)35(34(27)28(30)20-33(43)52-23)42-31-15-14-24(46-4)18-32(31)47-5/h14-15,18-19,21-23,25-29,34-35,37-42,45H,9-13,16-17,20H2,1-8H3/t21-,22?,23+,25+,26+,27+,28-,29-,34-,35-,37-,38+,39?,40?,41+/m1/s1. The summed E-state index contributed by atoms with van der Waals surface area (Å²) in [6.45, 7) is 5.99. The van der Waals surface area contributed by atoms with Crippen molar-refractivity contribution in [1.29, 1.82) is 0 Å². The Morgan fingerprint density at radius 2 is 1.62 bits per heavy atom. The summed E-state index contributed by atoms with van der Waals surface area (Å²) in [6, 6.07) is 5.03. The first-order chi connectivity index (χ1) is 25.6. The van der Waals surface area contributed by atoms with E-state index in [1.807, 2.05) is 32.9 Å². The van der Waals surface area contributed by atoms with Gasteiger partial charge in [-0.2, -0.15) is 0 Å². The number of carbonyl (C=O) groups is 2. The van der Waals surface area contributed by atoms with Gasteiger partial charge in [-0.1, -0.05) is 26.3 Å². The van der Waals surface area contributed by atoms with Crippen molar-refractivity contribution in [2.75, 3.05) is 40.9 Å². The largest absolute Gasteiger partial charge is 0.497 e. The molecule has 3 aliphatic carbocycles. The number of fused-ring (bicyclic) bond motifs is 5. The minimum absolute atomic E-state index is 0.000896. The molecule has 2 aliphatic heterocycles. The second kappa shape index (κ2) is 17.4. The lowest BCUT2D eigenvalue weighted by molar-refractivity contribution is -0.314. The highest BCUT2D eigenvalue weighted by atomic mass is 16.7. The van der Waals surface area contributed by atoms with Crippen molar-refractivity contribution < 1.29 is 52.6 Å². The second-order valence-corrected chi connectivity index (χ2v) is 15.8. The molecule has 15 atom stereocenters. The summed E-state index contributed by atoms with van der Waals surface area (Å²) in [5.41, 5.74) is 1.39. The van der Waals surface area contributed by atoms with Crippen molar-refractivity contribution >= 4 is 17.4 Å². The Morgan fingerprint density at radius 1 is 0.906 bits per heavy atom. The van der Waals surface area contributed by atoms with Crippen LogP contribution in [0.25, 0.3) is 0 Å². The van der Waals surface area contributed by atoms with Gasteiger partial charge in [0.1, 0.15) is 35.9 Å². The molecule has 2 saturated carbocycles. The number of nitrogens with one attached hydrogen (secondary N) is 1. The zero-order valence-corrected chi connectivity index (χ0v) is 32.7. The van der Waals surface area contributed by atoms with Gasteiger partial charge in [0.2, 0.25) is 0 Å². The van der Waals surface area contributed by atoms with Gasteiger partial charge in [0.25, 0.3) is 0 Å². The number of aliphatic hydroxyl groups excluding tert-OH is 1. The molecule has 4 fully saturated rings. The van der Waals surface area contributed by atoms with E-state index in [0.29, 0.717) is 35.6 Å². The lowest BCUT2D eigenvalue weighted by Gasteiger charge is -2.47. The molecular formula is C41H61NO11. The fourth-order valence-corrected chi connectivity index (χ4v) is 10.2. The van der Waals surface area contributed by atoms with Crippen molar-refractivity contribution in [1.82, 2.24) is 0 Å². The lowest BCUT2D eigenvalue weighted by Crippen LogP contribution is -2.59. The van der Waals surface area contributed by atoms with Gasteiger partial charge < -0.3 is 48.3 Å². The number of carbonyl (C=O) groups excluding carboxylic acids is 2. The minimum atomic E-state index is -0.822. The van der Waals surface area contributed by atoms with Crippen LogP contribution in [0.5, 0.6) is 11.5 Å². The van der Waals surface area contributed by atoms with Gasteiger partial charge >= 0.3 is 5.97 Å². The average molecular weight is 744 g/mol. The number of ether oxygens (including phenoxy) is 8. The zero-order chi connectivity index (χ0) is 38.0. The summed E-state index contributed by atoms with van der Waals surface area (Å²) in [6.07, 6.45) is 4.10. The molecule has 2 saturated heterocycles. The molecule has 53 heavy (non-hydrogen) atoms. The number of anilines is 1. The summed E-state index contributed by atoms with van der Waals surface area (Å²) in [7, 11) is 8.08. The van der Waals surface area contributed by atoms with Crippen molar-refractivity contribution in [2.24, 2.45) is 35.5 Å². The van der Waals surface area contributed by atoms with Crippen LogP contribution in [0.15, 0.2) is 29.8 Å². The molecule has 5 aliphatic rings. The number of esters is 1. The van der Waals surface area contributed by atoms with Crippen molar-refractivity contribution in [2.45, 2.75) is 127 Å². The maximum atomic E-state index is 14.3. The molecule has 296 valence electrons. The summed E-state index contributed by atoms with van der Waals surface area (Å²) in [5.74, 6) is -0.107. The SMILES string of the molecule is CC[C@H]1CCCC[C@@H](C)C(=O)C2=C[C@H]3[C@@H]4C[C@H](O[C@@H]5OC(C)[C@H](OC)C(OC)C5OC)C[C@H]4[C@@H](O)[C@H](Nc4ccc(OC)cc4OC)[C@H]3[C@@H]2CC(=O)O1. The number of hydrogen-bond donors (Lipinski definition) is 2. The molecule has 2 N–H and O–H groups in total. The van der Waals surface area contributed by atoms with E-state index in [1.54, 1.807) is 41.6 Å². The fraction of sp³-hybridized carbons (Fsp3) is 0.756. The van der Waals surface area contributed by atoms with Crippen LogP contribution in [0.3, 0.4) is 0 Å². The van der Waals surface area contributed by atoms with Crippen LogP contribution >= 0.6 is 0 Å². The molecule has 3 unspecified atom stereocenters. The number of Topliss-reactive ketones (excluding diaryl/α,β-unsaturated/α-hetero) is 1. The van der Waals surface area contributed by atoms with Crippen LogP contribution in [-0.2, 0) is 38.0 Å². The number of methoxy groups -OCH3 is 5. The van der Waals surface area contributed by atoms with E-state index in [4.69, 9.17) is 37.9 Å². The van der Waals surface area contributed by atoms with Gasteiger partial charge in [-0.25, -0.2) is 0 Å². The predicted octanol–water partition coefficient (Wildman–Crippen LogP) is 5.34. The Labute approximate surface area is 314 Å². The van der Waals surface area contributed by atoms with Gasteiger partial charge in [-0.15, -0.1) is 0 Å². The first-order valence-corrected chi connectivity index (χ1v) is 19.6. The number of ketones is 1. The van der Waals surface area contributed by atoms with E-state index in [2.05, 4.69) is 11.4 Å². The molecule has 0 spiro atoms. The maximum Gasteiger partial charge on any atom is 0.306 e. The van der Waals surface area contributed by atoms with Gasteiger partial charge in [0, 0.05) is 39.2 Å². The molecular weight excluding hydrogens is 682 g/mol. The van der Waals surface area contributed by atoms with E-state index in [0.717, 1.165) is 32.1 Å². The van der Waals surface area contributed by atoms with E-state index in [-0.39, 0.29) is 72.2 Å². The first kappa shape index (κ1) is 39.9. The highest BCUT2D eigenvalue weighted by Crippen LogP contribution is 2.57. The lowest BCUT2D eigenvalue weighted by atomic mass is 9.62. The van der Waals surface area contributed by atoms with Crippen LogP contribution in [0.4, 0.5) is 5.69 Å². The maximum absolute atomic E-state index is 14.3. The Kier molecular flexibility index (Phi) is 13.1. The summed E-state index contributed by atoms with van der Waals surface area (Å²) in [4.78, 5) is 28.1. The molecule has 2 heterocycles. The summed E-state index contributed by atoms with van der Waals surface area (Å²) in [5, 5.41) is 16.2. The quantitative estimate of drug-likeness (QED) is 0.299. The van der Waals surface area contributed by atoms with E-state index in [1.165, 1.54) is 0 Å². The van der Waals surface area contributed by atoms with Gasteiger partial charge in [0.05, 0.1) is 50.7 Å². The highest BCUT2D eigenvalue weighted by molar-refractivity contribution is 5.98. The number of rotatable bonds is 10. The van der Waals surface area contributed by atoms with Crippen LogP contribution < -0.4 is 14.8 Å².